The zero-order chi connectivity index (χ0) is 37.7. The first kappa shape index (κ1) is 40.8. The maximum atomic E-state index is 15.0. The Morgan fingerprint density at radius 2 is 1.71 bits per heavy atom. The van der Waals surface area contributed by atoms with Crippen LogP contribution in [0.1, 0.15) is 93.9 Å². The zero-order valence-electron chi connectivity index (χ0n) is 33.8. The average molecular weight is 745 g/mol. The third-order valence-electron chi connectivity index (χ3n) is 12.3. The summed E-state index contributed by atoms with van der Waals surface area (Å²) in [7, 11) is -4.58. The third kappa shape index (κ3) is 8.64. The molecule has 0 aromatic rings. The molecule has 288 valence electrons. The lowest BCUT2D eigenvalue weighted by molar-refractivity contribution is -0.337. The van der Waals surface area contributed by atoms with Gasteiger partial charge in [-0.25, -0.2) is 0 Å². The van der Waals surface area contributed by atoms with E-state index >= 15 is 0 Å². The van der Waals surface area contributed by atoms with Gasteiger partial charge in [0.25, 0.3) is 0 Å². The van der Waals surface area contributed by atoms with Gasteiger partial charge < -0.3 is 32.9 Å². The minimum absolute atomic E-state index is 0.0168. The second-order valence-electron chi connectivity index (χ2n) is 18.8. The van der Waals surface area contributed by atoms with Gasteiger partial charge in [-0.3, -0.25) is 4.79 Å². The summed E-state index contributed by atoms with van der Waals surface area (Å²) < 4.78 is 41.5. The highest BCUT2D eigenvalue weighted by atomic mass is 28.4. The number of aliphatic hydroxyl groups is 1. The summed E-state index contributed by atoms with van der Waals surface area (Å²) >= 11 is 0. The predicted molar refractivity (Wildman–Crippen MR) is 207 cm³/mol. The van der Waals surface area contributed by atoms with Gasteiger partial charge in [0.05, 0.1) is 31.0 Å². The maximum absolute atomic E-state index is 15.0. The molecule has 1 spiro atoms. The van der Waals surface area contributed by atoms with E-state index in [4.69, 9.17) is 27.8 Å². The zero-order valence-corrected chi connectivity index (χ0v) is 35.8. The van der Waals surface area contributed by atoms with E-state index < -0.39 is 52.3 Å². The van der Waals surface area contributed by atoms with Gasteiger partial charge in [0, 0.05) is 25.7 Å². The molecule has 1 N–H and O–H groups in total. The van der Waals surface area contributed by atoms with Crippen LogP contribution in [-0.2, 0) is 32.6 Å². The van der Waals surface area contributed by atoms with Crippen LogP contribution in [0.2, 0.25) is 37.8 Å². The van der Waals surface area contributed by atoms with E-state index in [0.717, 1.165) is 36.0 Å². The van der Waals surface area contributed by atoms with Crippen LogP contribution in [0, 0.1) is 17.8 Å². The third-order valence-corrected chi connectivity index (χ3v) is 17.7. The summed E-state index contributed by atoms with van der Waals surface area (Å²) in [5, 5.41) is 11.4. The number of rotatable bonds is 5. The fourth-order valence-corrected chi connectivity index (χ4v) is 11.2. The molecule has 10 heteroatoms. The van der Waals surface area contributed by atoms with E-state index in [-0.39, 0.29) is 35.2 Å². The molecule has 1 aliphatic carbocycles. The number of aliphatic hydroxyl groups excluding tert-OH is 1. The Morgan fingerprint density at radius 3 is 2.35 bits per heavy atom. The summed E-state index contributed by atoms with van der Waals surface area (Å²) in [6.07, 6.45) is 12.1. The van der Waals surface area contributed by atoms with Crippen molar-refractivity contribution in [3.63, 3.8) is 0 Å². The fourth-order valence-electron chi connectivity index (χ4n) is 8.54. The van der Waals surface area contributed by atoms with Crippen LogP contribution >= 0.6 is 0 Å². The Labute approximate surface area is 310 Å². The standard InChI is InChI=1S/C41H68O8Si2/c1-14-35-27(3)18-19-40(47-35)24-32-22-31(46-40)23-34(42)28(4)20-26(2)16-15-17-30-25-44-37-36(48-51(12,13)39(6,7)8)29(5)21-33(38(43)45-32)41(30,37)49-50(9,10)11/h15-17,20-21,26-27,31-37,42H,14,18-19,22-25H2,1-13H3/b16-15+,28-20+,30-17+/t26-,27-,31-,32-,33-,34-,35+,36+,37+,40+,41+/m0/s1. The molecule has 0 aromatic heterocycles. The van der Waals surface area contributed by atoms with Crippen LogP contribution in [0.4, 0.5) is 0 Å². The largest absolute Gasteiger partial charge is 0.462 e. The van der Waals surface area contributed by atoms with Crippen LogP contribution in [0.15, 0.2) is 47.1 Å². The number of fused-ring (bicyclic) bond motifs is 2. The van der Waals surface area contributed by atoms with E-state index in [1.165, 1.54) is 0 Å². The summed E-state index contributed by atoms with van der Waals surface area (Å²) in [6.45, 7) is 28.7. The second-order valence-corrected chi connectivity index (χ2v) is 27.9. The van der Waals surface area contributed by atoms with E-state index in [0.29, 0.717) is 31.8 Å². The van der Waals surface area contributed by atoms with Crippen molar-refractivity contribution < 1.29 is 37.7 Å². The normalized spacial score (nSPS) is 42.6. The van der Waals surface area contributed by atoms with Crippen molar-refractivity contribution >= 4 is 22.6 Å². The molecule has 11 atom stereocenters. The van der Waals surface area contributed by atoms with Crippen LogP contribution < -0.4 is 0 Å². The number of allylic oxidation sites excluding steroid dienone is 4. The molecule has 5 aliphatic rings. The van der Waals surface area contributed by atoms with Crippen molar-refractivity contribution in [1.29, 1.82) is 0 Å². The van der Waals surface area contributed by atoms with Crippen LogP contribution in [0.3, 0.4) is 0 Å². The van der Waals surface area contributed by atoms with Crippen molar-refractivity contribution in [1.82, 2.24) is 0 Å². The summed E-state index contributed by atoms with van der Waals surface area (Å²) in [5.74, 6) is -1.43. The van der Waals surface area contributed by atoms with Gasteiger partial charge in [-0.1, -0.05) is 71.9 Å². The van der Waals surface area contributed by atoms with Crippen LogP contribution in [0.25, 0.3) is 0 Å². The first-order valence-electron chi connectivity index (χ1n) is 19.6. The van der Waals surface area contributed by atoms with Crippen molar-refractivity contribution in [2.45, 2.75) is 180 Å². The summed E-state index contributed by atoms with van der Waals surface area (Å²) in [6, 6.07) is 0. The van der Waals surface area contributed by atoms with Gasteiger partial charge in [0.2, 0.25) is 0 Å². The van der Waals surface area contributed by atoms with E-state index in [1.807, 2.05) is 13.0 Å². The number of hydrogen-bond acceptors (Lipinski definition) is 8. The molecule has 0 saturated carbocycles. The topological polar surface area (TPSA) is 92.7 Å². The number of hydrogen-bond donors (Lipinski definition) is 1. The molecular formula is C41H68O8Si2. The van der Waals surface area contributed by atoms with Crippen molar-refractivity contribution in [3.8, 4) is 0 Å². The molecule has 51 heavy (non-hydrogen) atoms. The lowest BCUT2D eigenvalue weighted by atomic mass is 9.71. The Balaban J connectivity index is 1.64. The molecule has 0 unspecified atom stereocenters. The van der Waals surface area contributed by atoms with Crippen molar-refractivity contribution in [2.75, 3.05) is 6.61 Å². The van der Waals surface area contributed by atoms with Crippen LogP contribution in [0.5, 0.6) is 0 Å². The fraction of sp³-hybridized carbons (Fsp3) is 0.780. The quantitative estimate of drug-likeness (QED) is 0.170. The SMILES string of the molecule is CC[C@H]1O[C@]2(CC[C@@H]1C)C[C@@H]1C[C@@H](C[C@H](O)/C(C)=C/[C@@H](C)/C=C/C=C3\CO[C@@H]4[C@H](O[Si](C)(C)C(C)(C)C)C(C)=C[C@@H](C(=O)O1)[C@]34O[Si](C)(C)C)O2. The molecule has 3 saturated heterocycles. The molecule has 0 aromatic carbocycles. The number of carbonyl (C=O) groups is 1. The lowest BCUT2D eigenvalue weighted by Gasteiger charge is -2.52. The highest BCUT2D eigenvalue weighted by Crippen LogP contribution is 2.52. The highest BCUT2D eigenvalue weighted by molar-refractivity contribution is 6.74. The number of ether oxygens (including phenoxy) is 4. The highest BCUT2D eigenvalue weighted by Gasteiger charge is 2.64. The number of carbonyl (C=O) groups excluding carboxylic acids is 1. The van der Waals surface area contributed by atoms with Gasteiger partial charge >= 0.3 is 5.97 Å². The number of esters is 1. The Kier molecular flexibility index (Phi) is 12.0. The maximum Gasteiger partial charge on any atom is 0.316 e. The van der Waals surface area contributed by atoms with Gasteiger partial charge in [-0.05, 0) is 93.0 Å². The first-order valence-corrected chi connectivity index (χ1v) is 25.9. The van der Waals surface area contributed by atoms with Gasteiger partial charge in [-0.2, -0.15) is 0 Å². The summed E-state index contributed by atoms with van der Waals surface area (Å²) in [4.78, 5) is 15.0. The second kappa shape index (κ2) is 15.0. The molecule has 4 heterocycles. The molecule has 2 bridgehead atoms. The Bertz CT molecular complexity index is 1400. The summed E-state index contributed by atoms with van der Waals surface area (Å²) in [5.41, 5.74) is 1.71. The molecule has 8 nitrogen and oxygen atoms in total. The molecule has 3 fully saturated rings. The van der Waals surface area contributed by atoms with Gasteiger partial charge in [0.15, 0.2) is 22.4 Å². The van der Waals surface area contributed by atoms with Crippen LogP contribution in [-0.4, -0.2) is 82.3 Å². The monoisotopic (exact) mass is 744 g/mol. The molecular weight excluding hydrogens is 677 g/mol. The van der Waals surface area contributed by atoms with Gasteiger partial charge in [-0.15, -0.1) is 0 Å². The minimum atomic E-state index is -2.31. The van der Waals surface area contributed by atoms with Gasteiger partial charge in [0.1, 0.15) is 23.7 Å². The van der Waals surface area contributed by atoms with E-state index in [9.17, 15) is 9.90 Å². The first-order chi connectivity index (χ1) is 23.6. The van der Waals surface area contributed by atoms with E-state index in [2.05, 4.69) is 106 Å². The minimum Gasteiger partial charge on any atom is -0.462 e. The lowest BCUT2D eigenvalue weighted by Crippen LogP contribution is -2.64. The smallest absolute Gasteiger partial charge is 0.316 e. The Hall–Kier alpha value is -1.38. The average Bonchev–Trinajstić information content (AvgIpc) is 3.35. The molecule has 4 aliphatic heterocycles. The molecule has 5 rings (SSSR count). The molecule has 0 amide bonds. The molecule has 0 radical (unpaired) electrons. The Morgan fingerprint density at radius 1 is 1.00 bits per heavy atom. The predicted octanol–water partition coefficient (Wildman–Crippen LogP) is 8.78. The van der Waals surface area contributed by atoms with Crippen molar-refractivity contribution in [3.05, 3.63) is 47.1 Å². The van der Waals surface area contributed by atoms with Crippen molar-refractivity contribution in [2.24, 2.45) is 17.8 Å². The van der Waals surface area contributed by atoms with E-state index in [1.54, 1.807) is 0 Å².